The first-order valence-corrected chi connectivity index (χ1v) is 8.40. The number of imide groups is 1. The van der Waals surface area contributed by atoms with Gasteiger partial charge in [-0.05, 0) is 30.0 Å². The highest BCUT2D eigenvalue weighted by atomic mass is 35.5. The smallest absolute Gasteiger partial charge is 0.321 e. The fourth-order valence-corrected chi connectivity index (χ4v) is 2.44. The molecule has 0 spiro atoms. The topological polar surface area (TPSA) is 58.2 Å². The highest BCUT2D eigenvalue weighted by Crippen LogP contribution is 2.15. The second kappa shape index (κ2) is 9.68. The lowest BCUT2D eigenvalue weighted by molar-refractivity contribution is -0.117. The van der Waals surface area contributed by atoms with E-state index in [9.17, 15) is 9.59 Å². The number of nitrogens with one attached hydrogen (secondary N) is 2. The van der Waals surface area contributed by atoms with E-state index in [4.69, 9.17) is 11.6 Å². The van der Waals surface area contributed by atoms with Crippen LogP contribution in [0.4, 0.5) is 4.79 Å². The minimum atomic E-state index is -0.423. The molecule has 0 saturated heterocycles. The molecule has 116 valence electrons. The SMILES string of the molecule is CC(C)CCNC(=O)NC(=O)CSCc1ccc(Cl)cc1. The average molecular weight is 329 g/mol. The summed E-state index contributed by atoms with van der Waals surface area (Å²) in [5.41, 5.74) is 1.10. The van der Waals surface area contributed by atoms with Gasteiger partial charge in [0.05, 0.1) is 5.75 Å². The van der Waals surface area contributed by atoms with E-state index < -0.39 is 6.03 Å². The Morgan fingerprint density at radius 3 is 2.52 bits per heavy atom. The van der Waals surface area contributed by atoms with Gasteiger partial charge in [0.25, 0.3) is 0 Å². The molecular formula is C15H21ClN2O2S. The van der Waals surface area contributed by atoms with Gasteiger partial charge in [0.1, 0.15) is 0 Å². The van der Waals surface area contributed by atoms with Crippen LogP contribution in [0.3, 0.4) is 0 Å². The molecule has 0 fully saturated rings. The Kier molecular flexibility index (Phi) is 8.23. The normalized spacial score (nSPS) is 10.5. The van der Waals surface area contributed by atoms with Crippen LogP contribution in [0.1, 0.15) is 25.8 Å². The third-order valence-corrected chi connectivity index (χ3v) is 3.93. The summed E-state index contributed by atoms with van der Waals surface area (Å²) in [7, 11) is 0. The molecule has 0 bridgehead atoms. The number of carbonyl (C=O) groups excluding carboxylic acids is 2. The summed E-state index contributed by atoms with van der Waals surface area (Å²) in [6, 6.07) is 7.06. The van der Waals surface area contributed by atoms with Crippen LogP contribution in [0, 0.1) is 5.92 Å². The van der Waals surface area contributed by atoms with E-state index in [2.05, 4.69) is 24.5 Å². The Morgan fingerprint density at radius 2 is 1.90 bits per heavy atom. The molecule has 0 aromatic heterocycles. The monoisotopic (exact) mass is 328 g/mol. The van der Waals surface area contributed by atoms with Crippen LogP contribution in [0.15, 0.2) is 24.3 Å². The number of rotatable bonds is 7. The largest absolute Gasteiger partial charge is 0.338 e. The molecule has 1 rings (SSSR count). The van der Waals surface area contributed by atoms with Crippen molar-refractivity contribution in [3.05, 3.63) is 34.9 Å². The van der Waals surface area contributed by atoms with Crippen LogP contribution in [0.25, 0.3) is 0 Å². The van der Waals surface area contributed by atoms with E-state index in [1.165, 1.54) is 11.8 Å². The first kappa shape index (κ1) is 17.9. The van der Waals surface area contributed by atoms with Crippen molar-refractivity contribution in [3.63, 3.8) is 0 Å². The predicted octanol–water partition coefficient (Wildman–Crippen LogP) is 3.45. The molecule has 0 aliphatic heterocycles. The van der Waals surface area contributed by atoms with Gasteiger partial charge in [0.15, 0.2) is 0 Å². The van der Waals surface area contributed by atoms with Crippen LogP contribution >= 0.6 is 23.4 Å². The molecule has 6 heteroatoms. The lowest BCUT2D eigenvalue weighted by atomic mass is 10.1. The lowest BCUT2D eigenvalue weighted by Crippen LogP contribution is -2.40. The summed E-state index contributed by atoms with van der Waals surface area (Å²) in [6.45, 7) is 4.74. The fourth-order valence-electron chi connectivity index (χ4n) is 1.52. The number of benzene rings is 1. The van der Waals surface area contributed by atoms with Crippen molar-refractivity contribution in [2.24, 2.45) is 5.92 Å². The van der Waals surface area contributed by atoms with Gasteiger partial charge in [-0.25, -0.2) is 4.79 Å². The molecule has 0 aliphatic rings. The molecule has 0 heterocycles. The van der Waals surface area contributed by atoms with Gasteiger partial charge in [-0.1, -0.05) is 37.6 Å². The lowest BCUT2D eigenvalue weighted by Gasteiger charge is -2.08. The molecular weight excluding hydrogens is 308 g/mol. The van der Waals surface area contributed by atoms with Gasteiger partial charge in [-0.15, -0.1) is 11.8 Å². The van der Waals surface area contributed by atoms with E-state index >= 15 is 0 Å². The number of urea groups is 1. The first-order chi connectivity index (χ1) is 9.97. The molecule has 4 nitrogen and oxygen atoms in total. The molecule has 21 heavy (non-hydrogen) atoms. The van der Waals surface area contributed by atoms with Gasteiger partial charge in [0.2, 0.25) is 5.91 Å². The Morgan fingerprint density at radius 1 is 1.24 bits per heavy atom. The van der Waals surface area contributed by atoms with E-state index in [1.807, 2.05) is 24.3 Å². The molecule has 0 radical (unpaired) electrons. The van der Waals surface area contributed by atoms with Crippen LogP contribution in [0.5, 0.6) is 0 Å². The van der Waals surface area contributed by atoms with E-state index in [0.717, 1.165) is 12.0 Å². The van der Waals surface area contributed by atoms with Crippen molar-refractivity contribution >= 4 is 35.3 Å². The highest BCUT2D eigenvalue weighted by molar-refractivity contribution is 7.99. The molecule has 0 unspecified atom stereocenters. The fraction of sp³-hybridized carbons (Fsp3) is 0.467. The van der Waals surface area contributed by atoms with E-state index in [-0.39, 0.29) is 11.7 Å². The maximum atomic E-state index is 11.6. The number of hydrogen-bond acceptors (Lipinski definition) is 3. The standard InChI is InChI=1S/C15H21ClN2O2S/c1-11(2)7-8-17-15(20)18-14(19)10-21-9-12-3-5-13(16)6-4-12/h3-6,11H,7-10H2,1-2H3,(H2,17,18,19,20). The number of halogens is 1. The maximum absolute atomic E-state index is 11.6. The van der Waals surface area contributed by atoms with Crippen molar-refractivity contribution < 1.29 is 9.59 Å². The highest BCUT2D eigenvalue weighted by Gasteiger charge is 2.07. The van der Waals surface area contributed by atoms with Crippen molar-refractivity contribution in [2.45, 2.75) is 26.0 Å². The van der Waals surface area contributed by atoms with E-state index in [1.54, 1.807) is 0 Å². The second-order valence-electron chi connectivity index (χ2n) is 5.11. The van der Waals surface area contributed by atoms with Gasteiger partial charge >= 0.3 is 6.03 Å². The number of carbonyl (C=O) groups is 2. The van der Waals surface area contributed by atoms with Gasteiger partial charge < -0.3 is 5.32 Å². The van der Waals surface area contributed by atoms with Crippen LogP contribution in [-0.2, 0) is 10.5 Å². The zero-order valence-corrected chi connectivity index (χ0v) is 13.9. The summed E-state index contributed by atoms with van der Waals surface area (Å²) in [5, 5.41) is 5.68. The van der Waals surface area contributed by atoms with E-state index in [0.29, 0.717) is 23.2 Å². The third-order valence-electron chi connectivity index (χ3n) is 2.68. The van der Waals surface area contributed by atoms with Crippen molar-refractivity contribution in [3.8, 4) is 0 Å². The summed E-state index contributed by atoms with van der Waals surface area (Å²) in [4.78, 5) is 23.0. The predicted molar refractivity (Wildman–Crippen MR) is 88.6 cm³/mol. The molecule has 0 aliphatic carbocycles. The van der Waals surface area contributed by atoms with Gasteiger partial charge in [-0.2, -0.15) is 0 Å². The zero-order valence-electron chi connectivity index (χ0n) is 12.3. The zero-order chi connectivity index (χ0) is 15.7. The molecule has 0 saturated carbocycles. The van der Waals surface area contributed by atoms with Crippen molar-refractivity contribution in [1.29, 1.82) is 0 Å². The Balaban J connectivity index is 2.16. The summed E-state index contributed by atoms with van der Waals surface area (Å²) in [6.07, 6.45) is 0.896. The first-order valence-electron chi connectivity index (χ1n) is 6.87. The molecule has 3 amide bonds. The summed E-state index contributed by atoms with van der Waals surface area (Å²) < 4.78 is 0. The van der Waals surface area contributed by atoms with Crippen molar-refractivity contribution in [2.75, 3.05) is 12.3 Å². The average Bonchev–Trinajstić information content (AvgIpc) is 2.40. The molecule has 1 aromatic carbocycles. The second-order valence-corrected chi connectivity index (χ2v) is 6.53. The minimum absolute atomic E-state index is 0.250. The van der Waals surface area contributed by atoms with Crippen LogP contribution < -0.4 is 10.6 Å². The van der Waals surface area contributed by atoms with Crippen LogP contribution in [0.2, 0.25) is 5.02 Å². The number of hydrogen-bond donors (Lipinski definition) is 2. The summed E-state index contributed by atoms with van der Waals surface area (Å²) >= 11 is 7.26. The van der Waals surface area contributed by atoms with Crippen LogP contribution in [-0.4, -0.2) is 24.2 Å². The van der Waals surface area contributed by atoms with Gasteiger partial charge in [-0.3, -0.25) is 10.1 Å². The quantitative estimate of drug-likeness (QED) is 0.806. The van der Waals surface area contributed by atoms with Gasteiger partial charge in [0, 0.05) is 17.3 Å². The molecule has 1 aromatic rings. The molecule has 0 atom stereocenters. The third kappa shape index (κ3) is 8.63. The Labute approximate surface area is 135 Å². The summed E-state index contributed by atoms with van der Waals surface area (Å²) in [5.74, 6) is 1.20. The Bertz CT molecular complexity index is 463. The Hall–Kier alpha value is -1.20. The number of amides is 3. The van der Waals surface area contributed by atoms with Crippen molar-refractivity contribution in [1.82, 2.24) is 10.6 Å². The minimum Gasteiger partial charge on any atom is -0.338 e. The maximum Gasteiger partial charge on any atom is 0.321 e. The number of thioether (sulfide) groups is 1. The molecule has 2 N–H and O–H groups in total.